The Hall–Kier alpha value is -1.35. The lowest BCUT2D eigenvalue weighted by Gasteiger charge is -2.31. The van der Waals surface area contributed by atoms with Crippen LogP contribution in [0.2, 0.25) is 0 Å². The minimum absolute atomic E-state index is 0.197. The van der Waals surface area contributed by atoms with E-state index < -0.39 is 5.41 Å². The van der Waals surface area contributed by atoms with Gasteiger partial charge in [-0.3, -0.25) is 4.79 Å². The summed E-state index contributed by atoms with van der Waals surface area (Å²) in [5.41, 5.74) is 7.42. The number of hydrogen-bond acceptors (Lipinski definition) is 3. The monoisotopic (exact) mass is 233 g/mol. The van der Waals surface area contributed by atoms with Crippen LogP contribution in [0, 0.1) is 12.8 Å². The number of nitrogens with two attached hydrogens (primary N) is 1. The molecule has 17 heavy (non-hydrogen) atoms. The number of carbonyl (C=O) groups is 1. The molecule has 92 valence electrons. The van der Waals surface area contributed by atoms with Crippen LogP contribution in [0.3, 0.4) is 0 Å². The molecule has 0 amide bonds. The average Bonchev–Trinajstić information content (AvgIpc) is 3.17. The molecule has 1 saturated carbocycles. The summed E-state index contributed by atoms with van der Waals surface area (Å²) in [6.45, 7) is 2.33. The predicted molar refractivity (Wildman–Crippen MR) is 66.7 cm³/mol. The molecule has 1 aliphatic rings. The number of carbonyl (C=O) groups excluding carboxylic acids is 1. The Morgan fingerprint density at radius 3 is 2.59 bits per heavy atom. The molecular formula is C14H19NO2. The van der Waals surface area contributed by atoms with Gasteiger partial charge in [-0.1, -0.05) is 24.3 Å². The van der Waals surface area contributed by atoms with Crippen molar-refractivity contribution in [3.05, 3.63) is 35.4 Å². The van der Waals surface area contributed by atoms with E-state index in [4.69, 9.17) is 10.5 Å². The number of benzene rings is 1. The molecule has 0 bridgehead atoms. The molecule has 0 aromatic heterocycles. The van der Waals surface area contributed by atoms with E-state index in [1.54, 1.807) is 0 Å². The molecule has 3 nitrogen and oxygen atoms in total. The van der Waals surface area contributed by atoms with Crippen LogP contribution < -0.4 is 5.73 Å². The number of rotatable bonds is 4. The Bertz CT molecular complexity index is 426. The van der Waals surface area contributed by atoms with Crippen molar-refractivity contribution < 1.29 is 9.53 Å². The summed E-state index contributed by atoms with van der Waals surface area (Å²) in [7, 11) is 1.44. The number of methoxy groups -OCH3 is 1. The third-order valence-electron chi connectivity index (χ3n) is 3.77. The molecule has 2 rings (SSSR count). The van der Waals surface area contributed by atoms with Crippen molar-refractivity contribution in [3.63, 3.8) is 0 Å². The summed E-state index contributed by atoms with van der Waals surface area (Å²) in [5, 5.41) is 0. The van der Waals surface area contributed by atoms with E-state index in [0.717, 1.165) is 24.0 Å². The maximum atomic E-state index is 12.2. The van der Waals surface area contributed by atoms with E-state index in [1.165, 1.54) is 7.11 Å². The molecule has 0 heterocycles. The molecule has 1 aliphatic carbocycles. The molecule has 1 unspecified atom stereocenters. The second-order valence-electron chi connectivity index (χ2n) is 4.76. The molecule has 3 heteroatoms. The molecular weight excluding hydrogens is 214 g/mol. The average molecular weight is 233 g/mol. The quantitative estimate of drug-likeness (QED) is 0.806. The first-order valence-electron chi connectivity index (χ1n) is 6.01. The maximum Gasteiger partial charge on any atom is 0.317 e. The molecule has 0 aliphatic heterocycles. The van der Waals surface area contributed by atoms with Crippen LogP contribution >= 0.6 is 0 Å². The lowest BCUT2D eigenvalue weighted by molar-refractivity contribution is -0.148. The van der Waals surface area contributed by atoms with Gasteiger partial charge in [0.2, 0.25) is 0 Å². The number of ether oxygens (including phenoxy) is 1. The summed E-state index contributed by atoms with van der Waals surface area (Å²) < 4.78 is 5.00. The first kappa shape index (κ1) is 12.1. The van der Waals surface area contributed by atoms with E-state index in [2.05, 4.69) is 0 Å². The van der Waals surface area contributed by atoms with Crippen molar-refractivity contribution in [1.82, 2.24) is 0 Å². The third-order valence-corrected chi connectivity index (χ3v) is 3.77. The largest absolute Gasteiger partial charge is 0.468 e. The zero-order valence-corrected chi connectivity index (χ0v) is 10.4. The standard InChI is InChI=1S/C14H19NO2/c1-10-5-3-4-6-12(10)14(9-15,11-7-8-11)13(16)17-2/h3-6,11H,7-9,15H2,1-2H3. The highest BCUT2D eigenvalue weighted by Crippen LogP contribution is 2.48. The van der Waals surface area contributed by atoms with Gasteiger partial charge in [-0.05, 0) is 36.8 Å². The highest BCUT2D eigenvalue weighted by atomic mass is 16.5. The van der Waals surface area contributed by atoms with E-state index in [-0.39, 0.29) is 5.97 Å². The van der Waals surface area contributed by atoms with E-state index in [1.807, 2.05) is 31.2 Å². The topological polar surface area (TPSA) is 52.3 Å². The molecule has 0 radical (unpaired) electrons. The van der Waals surface area contributed by atoms with Crippen molar-refractivity contribution in [1.29, 1.82) is 0 Å². The van der Waals surface area contributed by atoms with Gasteiger partial charge in [0, 0.05) is 6.54 Å². The minimum Gasteiger partial charge on any atom is -0.468 e. The van der Waals surface area contributed by atoms with Gasteiger partial charge >= 0.3 is 5.97 Å². The third kappa shape index (κ3) is 1.84. The number of aryl methyl sites for hydroxylation is 1. The zero-order chi connectivity index (χ0) is 12.5. The summed E-state index contributed by atoms with van der Waals surface area (Å²) in [6, 6.07) is 7.95. The van der Waals surface area contributed by atoms with Gasteiger partial charge < -0.3 is 10.5 Å². The SMILES string of the molecule is COC(=O)C(CN)(c1ccccc1C)C1CC1. The Balaban J connectivity index is 2.53. The first-order chi connectivity index (χ1) is 8.16. The molecule has 0 spiro atoms. The summed E-state index contributed by atoms with van der Waals surface area (Å²) >= 11 is 0. The first-order valence-corrected chi connectivity index (χ1v) is 6.01. The molecule has 1 aromatic rings. The van der Waals surface area contributed by atoms with Gasteiger partial charge in [0.1, 0.15) is 5.41 Å². The lowest BCUT2D eigenvalue weighted by Crippen LogP contribution is -2.46. The van der Waals surface area contributed by atoms with Crippen LogP contribution in [0.15, 0.2) is 24.3 Å². The number of esters is 1. The van der Waals surface area contributed by atoms with E-state index in [0.29, 0.717) is 12.5 Å². The van der Waals surface area contributed by atoms with Crippen LogP contribution in [0.5, 0.6) is 0 Å². The van der Waals surface area contributed by atoms with Gasteiger partial charge in [0.05, 0.1) is 7.11 Å². The molecule has 1 atom stereocenters. The van der Waals surface area contributed by atoms with Crippen molar-refractivity contribution in [2.45, 2.75) is 25.2 Å². The highest BCUT2D eigenvalue weighted by molar-refractivity contribution is 5.85. The van der Waals surface area contributed by atoms with Crippen molar-refractivity contribution in [3.8, 4) is 0 Å². The summed E-state index contributed by atoms with van der Waals surface area (Å²) in [5.74, 6) is 0.137. The van der Waals surface area contributed by atoms with Crippen LogP contribution in [-0.4, -0.2) is 19.6 Å². The lowest BCUT2D eigenvalue weighted by atomic mass is 9.74. The fourth-order valence-corrected chi connectivity index (χ4v) is 2.69. The van der Waals surface area contributed by atoms with E-state index >= 15 is 0 Å². The smallest absolute Gasteiger partial charge is 0.317 e. The van der Waals surface area contributed by atoms with Crippen molar-refractivity contribution in [2.75, 3.05) is 13.7 Å². The van der Waals surface area contributed by atoms with Crippen LogP contribution in [-0.2, 0) is 14.9 Å². The Labute approximate surface area is 102 Å². The second-order valence-corrected chi connectivity index (χ2v) is 4.76. The van der Waals surface area contributed by atoms with Crippen LogP contribution in [0.4, 0.5) is 0 Å². The predicted octanol–water partition coefficient (Wildman–Crippen LogP) is 1.77. The van der Waals surface area contributed by atoms with Crippen LogP contribution in [0.25, 0.3) is 0 Å². The van der Waals surface area contributed by atoms with Crippen LogP contribution in [0.1, 0.15) is 24.0 Å². The molecule has 1 aromatic carbocycles. The van der Waals surface area contributed by atoms with Gasteiger partial charge in [-0.25, -0.2) is 0 Å². The fourth-order valence-electron chi connectivity index (χ4n) is 2.69. The van der Waals surface area contributed by atoms with Gasteiger partial charge in [0.15, 0.2) is 0 Å². The Morgan fingerprint density at radius 1 is 1.47 bits per heavy atom. The highest BCUT2D eigenvalue weighted by Gasteiger charge is 2.52. The molecule has 2 N–H and O–H groups in total. The normalized spacial score (nSPS) is 18.5. The molecule has 0 saturated heterocycles. The Morgan fingerprint density at radius 2 is 2.12 bits per heavy atom. The Kier molecular flexibility index (Phi) is 3.20. The maximum absolute atomic E-state index is 12.2. The van der Waals surface area contributed by atoms with Gasteiger partial charge in [-0.15, -0.1) is 0 Å². The van der Waals surface area contributed by atoms with Gasteiger partial charge in [-0.2, -0.15) is 0 Å². The van der Waals surface area contributed by atoms with E-state index in [9.17, 15) is 4.79 Å². The van der Waals surface area contributed by atoms with Crippen molar-refractivity contribution in [2.24, 2.45) is 11.7 Å². The number of hydrogen-bond donors (Lipinski definition) is 1. The summed E-state index contributed by atoms with van der Waals surface area (Å²) in [4.78, 5) is 12.2. The zero-order valence-electron chi connectivity index (χ0n) is 10.4. The fraction of sp³-hybridized carbons (Fsp3) is 0.500. The van der Waals surface area contributed by atoms with Crippen molar-refractivity contribution >= 4 is 5.97 Å². The second kappa shape index (κ2) is 4.49. The molecule has 1 fully saturated rings. The van der Waals surface area contributed by atoms with Gasteiger partial charge in [0.25, 0.3) is 0 Å². The summed E-state index contributed by atoms with van der Waals surface area (Å²) in [6.07, 6.45) is 2.11. The minimum atomic E-state index is -0.639.